The Kier molecular flexibility index (Phi) is 7.34. The molecule has 0 aliphatic heterocycles. The zero-order valence-corrected chi connectivity index (χ0v) is 35.9. The predicted octanol–water partition coefficient (Wildman–Crippen LogP) is 14.2. The molecule has 0 amide bonds. The van der Waals surface area contributed by atoms with E-state index in [-0.39, 0.29) is 0 Å². The van der Waals surface area contributed by atoms with Crippen LogP contribution < -0.4 is 0 Å². The maximum Gasteiger partial charge on any atom is 0.238 e. The van der Waals surface area contributed by atoms with Gasteiger partial charge in [0.25, 0.3) is 0 Å². The second-order valence-electron chi connectivity index (χ2n) is 17.3. The van der Waals surface area contributed by atoms with Crippen molar-refractivity contribution in [1.29, 1.82) is 0 Å². The second kappa shape index (κ2) is 13.6. The van der Waals surface area contributed by atoms with E-state index in [0.29, 0.717) is 22.9 Å². The molecule has 8 heteroatoms. The Morgan fingerprint density at radius 3 is 1.31 bits per heavy atom. The Bertz CT molecular complexity index is 4490. The topological polar surface area (TPSA) is 63.3 Å². The summed E-state index contributed by atoms with van der Waals surface area (Å²) >= 11 is 0. The molecule has 312 valence electrons. The van der Waals surface area contributed by atoms with Gasteiger partial charge >= 0.3 is 0 Å². The molecular weight excluding hydrogens is 821 g/mol. The molecule has 0 aliphatic rings. The molecule has 15 aromatic rings. The fourth-order valence-electron chi connectivity index (χ4n) is 11.1. The van der Waals surface area contributed by atoms with Crippen LogP contribution in [0.4, 0.5) is 0 Å². The highest BCUT2D eigenvalue weighted by molar-refractivity contribution is 6.27. The minimum Gasteiger partial charge on any atom is -0.309 e. The molecule has 0 N–H and O–H groups in total. The van der Waals surface area contributed by atoms with Gasteiger partial charge in [0.1, 0.15) is 6.33 Å². The summed E-state index contributed by atoms with van der Waals surface area (Å²) in [5, 5.41) is 9.26. The molecule has 8 nitrogen and oxygen atoms in total. The van der Waals surface area contributed by atoms with E-state index in [1.807, 2.05) is 12.4 Å². The normalized spacial score (nSPS) is 12.2. The van der Waals surface area contributed by atoms with Crippen molar-refractivity contribution in [2.24, 2.45) is 0 Å². The lowest BCUT2D eigenvalue weighted by Gasteiger charge is -2.14. The van der Waals surface area contributed by atoms with E-state index in [1.54, 1.807) is 0 Å². The maximum atomic E-state index is 5.77. The summed E-state index contributed by atoms with van der Waals surface area (Å²) in [7, 11) is 0. The van der Waals surface area contributed by atoms with E-state index in [1.165, 1.54) is 10.8 Å². The van der Waals surface area contributed by atoms with Crippen molar-refractivity contribution in [2.75, 3.05) is 0 Å². The monoisotopic (exact) mass is 856 g/mol. The van der Waals surface area contributed by atoms with Crippen LogP contribution >= 0.6 is 0 Å². The van der Waals surface area contributed by atoms with Crippen LogP contribution in [0.5, 0.6) is 0 Å². The average Bonchev–Trinajstić information content (AvgIpc) is 4.21. The number of hydrogen-bond donors (Lipinski definition) is 0. The number of para-hydroxylation sites is 7. The van der Waals surface area contributed by atoms with Crippen LogP contribution in [0.1, 0.15) is 0 Å². The summed E-state index contributed by atoms with van der Waals surface area (Å²) in [5.74, 6) is 1.26. The van der Waals surface area contributed by atoms with Gasteiger partial charge in [0.05, 0.1) is 44.1 Å². The van der Waals surface area contributed by atoms with Crippen molar-refractivity contribution >= 4 is 98.4 Å². The zero-order chi connectivity index (χ0) is 43.7. The fourth-order valence-corrected chi connectivity index (χ4v) is 11.1. The van der Waals surface area contributed by atoms with E-state index >= 15 is 0 Å². The Balaban J connectivity index is 1.12. The lowest BCUT2D eigenvalue weighted by molar-refractivity contribution is 0.957. The highest BCUT2D eigenvalue weighted by Gasteiger charge is 2.27. The molecule has 0 atom stereocenters. The van der Waals surface area contributed by atoms with Gasteiger partial charge in [-0.1, -0.05) is 140 Å². The molecule has 0 spiro atoms. The first-order chi connectivity index (χ1) is 33.3. The van der Waals surface area contributed by atoms with Crippen molar-refractivity contribution < 1.29 is 0 Å². The van der Waals surface area contributed by atoms with Gasteiger partial charge < -0.3 is 9.13 Å². The fraction of sp³-hybridized carbons (Fsp3) is 0. The molecule has 15 rings (SSSR count). The average molecular weight is 857 g/mol. The predicted molar refractivity (Wildman–Crippen MR) is 274 cm³/mol. The molecule has 0 saturated carbocycles. The van der Waals surface area contributed by atoms with Gasteiger partial charge in [0, 0.05) is 60.2 Å². The number of benzene rings is 9. The molecule has 0 bridgehead atoms. The highest BCUT2D eigenvalue weighted by atomic mass is 15.3. The third-order valence-corrected chi connectivity index (χ3v) is 13.8. The summed E-state index contributed by atoms with van der Waals surface area (Å²) in [5.41, 5.74) is 13.3. The van der Waals surface area contributed by atoms with Gasteiger partial charge in [-0.3, -0.25) is 13.7 Å². The molecule has 0 saturated heterocycles. The zero-order valence-electron chi connectivity index (χ0n) is 35.9. The lowest BCUT2D eigenvalue weighted by atomic mass is 10.1. The van der Waals surface area contributed by atoms with E-state index in [4.69, 9.17) is 15.0 Å². The van der Waals surface area contributed by atoms with E-state index in [2.05, 4.69) is 229 Å². The van der Waals surface area contributed by atoms with Gasteiger partial charge in [-0.15, -0.1) is 0 Å². The molecule has 6 heterocycles. The van der Waals surface area contributed by atoms with Crippen LogP contribution in [0, 0.1) is 0 Å². The van der Waals surface area contributed by atoms with Gasteiger partial charge in [0.15, 0.2) is 17.0 Å². The maximum absolute atomic E-state index is 5.77. The van der Waals surface area contributed by atoms with Crippen molar-refractivity contribution in [2.45, 2.75) is 0 Å². The Morgan fingerprint density at radius 1 is 0.299 bits per heavy atom. The molecule has 9 aromatic carbocycles. The first-order valence-electron chi connectivity index (χ1n) is 22.6. The highest BCUT2D eigenvalue weighted by Crippen LogP contribution is 2.45. The smallest absolute Gasteiger partial charge is 0.238 e. The van der Waals surface area contributed by atoms with Crippen molar-refractivity contribution in [3.8, 4) is 28.8 Å². The summed E-state index contributed by atoms with van der Waals surface area (Å²) < 4.78 is 11.5. The van der Waals surface area contributed by atoms with Crippen molar-refractivity contribution in [3.63, 3.8) is 0 Å². The number of fused-ring (bicyclic) bond motifs is 15. The first-order valence-corrected chi connectivity index (χ1v) is 22.6. The summed E-state index contributed by atoms with van der Waals surface area (Å²) in [6, 6.07) is 75.6. The van der Waals surface area contributed by atoms with E-state index in [9.17, 15) is 0 Å². The molecular formula is C59H36N8. The molecule has 0 aliphatic carbocycles. The minimum atomic E-state index is 0.554. The van der Waals surface area contributed by atoms with Crippen LogP contribution in [0.2, 0.25) is 0 Å². The number of hydrogen-bond acceptors (Lipinski definition) is 3. The summed E-state index contributed by atoms with van der Waals surface area (Å²) in [6.07, 6.45) is 1.89. The standard InChI is InChI=1S/C59H36N8/c1-4-18-37(19-5-1)63-36-60-54-57(63)61-59(66-49-31-17-13-27-45(49)53-51(66)35-33-42-40-24-10-14-28-46(40)65(55(42)53)39-22-8-3-9-23-39)62-58(54)67-47-29-15-11-25-41(47)43-32-34-50-52(56(43)67)44-26-12-16-30-48(44)64(50)38-20-6-2-7-21-38/h1-36H. The van der Waals surface area contributed by atoms with Crippen LogP contribution in [-0.4, -0.2) is 37.8 Å². The Labute approximate surface area is 382 Å². The molecule has 0 fully saturated rings. The number of rotatable bonds is 5. The second-order valence-corrected chi connectivity index (χ2v) is 17.3. The third-order valence-electron chi connectivity index (χ3n) is 13.8. The lowest BCUT2D eigenvalue weighted by Crippen LogP contribution is -2.08. The molecule has 0 radical (unpaired) electrons. The third kappa shape index (κ3) is 4.93. The van der Waals surface area contributed by atoms with Crippen LogP contribution in [0.15, 0.2) is 219 Å². The molecule has 67 heavy (non-hydrogen) atoms. The van der Waals surface area contributed by atoms with Crippen LogP contribution in [0.3, 0.4) is 0 Å². The summed E-state index contributed by atoms with van der Waals surface area (Å²) in [4.78, 5) is 16.6. The number of aromatic nitrogens is 8. The van der Waals surface area contributed by atoms with Gasteiger partial charge in [-0.25, -0.2) is 4.98 Å². The Hall–Kier alpha value is -9.27. The van der Waals surface area contributed by atoms with Crippen molar-refractivity contribution in [3.05, 3.63) is 219 Å². The van der Waals surface area contributed by atoms with Crippen LogP contribution in [0.25, 0.3) is 127 Å². The van der Waals surface area contributed by atoms with Gasteiger partial charge in [-0.2, -0.15) is 9.97 Å². The van der Waals surface area contributed by atoms with E-state index < -0.39 is 0 Å². The SMILES string of the molecule is c1ccc(-n2cnc3c(-n4c5ccccc5c5ccc6c(c7ccccc7n6-c6ccccc6)c54)nc(-n4c5ccccc5c5c4ccc4c6ccccc6n(-c6ccccc6)c45)nc32)cc1. The molecule has 0 unspecified atom stereocenters. The quantitative estimate of drug-likeness (QED) is 0.173. The summed E-state index contributed by atoms with van der Waals surface area (Å²) in [6.45, 7) is 0. The first kappa shape index (κ1) is 36.1. The minimum absolute atomic E-state index is 0.554. The van der Waals surface area contributed by atoms with E-state index in [0.717, 1.165) is 93.5 Å². The van der Waals surface area contributed by atoms with Gasteiger partial charge in [0.2, 0.25) is 5.95 Å². The number of imidazole rings is 1. The largest absolute Gasteiger partial charge is 0.309 e. The Morgan fingerprint density at radius 2 is 0.731 bits per heavy atom. The van der Waals surface area contributed by atoms with Gasteiger partial charge in [-0.05, 0) is 72.8 Å². The van der Waals surface area contributed by atoms with Crippen LogP contribution in [-0.2, 0) is 0 Å². The van der Waals surface area contributed by atoms with Crippen molar-refractivity contribution in [1.82, 2.24) is 37.8 Å². The molecule has 6 aromatic heterocycles. The number of nitrogens with zero attached hydrogens (tertiary/aromatic N) is 8.